The molecule has 4 atom stereocenters. The van der Waals surface area contributed by atoms with E-state index < -0.39 is 24.1 Å². The average molecular weight is 391 g/mol. The molecule has 7 heteroatoms. The molecule has 1 aliphatic heterocycles. The first-order chi connectivity index (χ1) is 14.1. The highest BCUT2D eigenvalue weighted by molar-refractivity contribution is 6.00. The van der Waals surface area contributed by atoms with E-state index in [4.69, 9.17) is 9.15 Å². The Hall–Kier alpha value is -3.22. The van der Waals surface area contributed by atoms with Gasteiger partial charge in [-0.05, 0) is 35.8 Å². The quantitative estimate of drug-likeness (QED) is 0.742. The Bertz CT molecular complexity index is 1010. The Morgan fingerprint density at radius 2 is 2.00 bits per heavy atom. The number of nitrogens with zero attached hydrogens (tertiary/aromatic N) is 3. The van der Waals surface area contributed by atoms with Gasteiger partial charge in [0.1, 0.15) is 0 Å². The summed E-state index contributed by atoms with van der Waals surface area (Å²) in [4.78, 5) is 26.6. The zero-order valence-corrected chi connectivity index (χ0v) is 16.0. The lowest BCUT2D eigenvalue weighted by atomic mass is 10.0. The number of carbonyl (C=O) groups excluding carboxylic acids is 2. The summed E-state index contributed by atoms with van der Waals surface area (Å²) in [6.07, 6.45) is 6.96. The second kappa shape index (κ2) is 6.99. The number of cyclic esters (lactones) is 1. The minimum atomic E-state index is -1.19. The van der Waals surface area contributed by atoms with Crippen LogP contribution in [0, 0.1) is 11.8 Å². The van der Waals surface area contributed by atoms with Crippen molar-refractivity contribution in [1.29, 1.82) is 0 Å². The van der Waals surface area contributed by atoms with Crippen LogP contribution in [0.15, 0.2) is 58.6 Å². The van der Waals surface area contributed by atoms with Gasteiger partial charge in [-0.15, -0.1) is 10.2 Å². The molecule has 0 bridgehead atoms. The molecule has 29 heavy (non-hydrogen) atoms. The lowest BCUT2D eigenvalue weighted by molar-refractivity contribution is -0.132. The van der Waals surface area contributed by atoms with E-state index in [1.54, 1.807) is 0 Å². The summed E-state index contributed by atoms with van der Waals surface area (Å²) < 4.78 is 11.0. The van der Waals surface area contributed by atoms with E-state index in [1.165, 1.54) is 6.42 Å². The van der Waals surface area contributed by atoms with Crippen molar-refractivity contribution in [3.05, 3.63) is 71.5 Å². The van der Waals surface area contributed by atoms with E-state index in [9.17, 15) is 9.59 Å². The predicted molar refractivity (Wildman–Crippen MR) is 102 cm³/mol. The zero-order chi connectivity index (χ0) is 20.0. The standard InChI is InChI=1S/C22H21N3O4/c1-2-17(14-6-4-3-5-7-14)25-21(26)19(29-22(25)27)20-24-23-18(28-20)11-13-8-9-15-12-16(15)10-13/h3-10,15-17,19H,2,11-12H2,1H3/t15?,16?,17-,19?/m1/s1. The first-order valence-electron chi connectivity index (χ1n) is 9.94. The van der Waals surface area contributed by atoms with Gasteiger partial charge >= 0.3 is 6.09 Å². The Balaban J connectivity index is 1.33. The van der Waals surface area contributed by atoms with Gasteiger partial charge in [-0.3, -0.25) is 4.79 Å². The fourth-order valence-corrected chi connectivity index (χ4v) is 4.07. The number of benzene rings is 1. The maximum atomic E-state index is 13.0. The molecule has 3 aliphatic rings. The normalized spacial score (nSPS) is 26.2. The minimum Gasteiger partial charge on any atom is -0.425 e. The van der Waals surface area contributed by atoms with Crippen LogP contribution in [-0.2, 0) is 16.0 Å². The third-order valence-electron chi connectivity index (χ3n) is 5.70. The molecule has 2 aromatic rings. The van der Waals surface area contributed by atoms with E-state index in [0.29, 0.717) is 30.6 Å². The van der Waals surface area contributed by atoms with Gasteiger partial charge < -0.3 is 9.15 Å². The molecule has 2 aliphatic carbocycles. The SMILES string of the molecule is CC[C@H](c1ccccc1)N1C(=O)OC(c2nnc(CC3=CC4CC4C=C3)o2)C1=O. The van der Waals surface area contributed by atoms with Crippen LogP contribution in [0.3, 0.4) is 0 Å². The number of hydrogen-bond acceptors (Lipinski definition) is 6. The molecule has 2 fully saturated rings. The molecule has 0 spiro atoms. The molecule has 148 valence electrons. The Kier molecular flexibility index (Phi) is 4.30. The lowest BCUT2D eigenvalue weighted by Gasteiger charge is -2.23. The highest BCUT2D eigenvalue weighted by atomic mass is 16.6. The fraction of sp³-hybridized carbons (Fsp3) is 0.364. The number of hydrogen-bond donors (Lipinski definition) is 0. The highest BCUT2D eigenvalue weighted by Crippen LogP contribution is 2.44. The number of imide groups is 1. The van der Waals surface area contributed by atoms with Crippen LogP contribution >= 0.6 is 0 Å². The largest absolute Gasteiger partial charge is 0.425 e. The molecular weight excluding hydrogens is 370 g/mol. The first kappa shape index (κ1) is 17.8. The van der Waals surface area contributed by atoms with Gasteiger partial charge in [0.15, 0.2) is 0 Å². The van der Waals surface area contributed by atoms with Gasteiger partial charge in [0.05, 0.1) is 12.5 Å². The van der Waals surface area contributed by atoms with Crippen molar-refractivity contribution in [2.45, 2.75) is 38.3 Å². The molecule has 1 saturated heterocycles. The first-order valence-corrected chi connectivity index (χ1v) is 9.94. The topological polar surface area (TPSA) is 85.5 Å². The van der Waals surface area contributed by atoms with E-state index in [2.05, 4.69) is 28.4 Å². The van der Waals surface area contributed by atoms with Crippen molar-refractivity contribution in [1.82, 2.24) is 15.1 Å². The molecule has 1 saturated carbocycles. The highest BCUT2D eigenvalue weighted by Gasteiger charge is 2.47. The molecule has 7 nitrogen and oxygen atoms in total. The molecule has 0 radical (unpaired) electrons. The van der Waals surface area contributed by atoms with Crippen molar-refractivity contribution in [3.8, 4) is 0 Å². The lowest BCUT2D eigenvalue weighted by Crippen LogP contribution is -2.33. The molecule has 2 heterocycles. The number of fused-ring (bicyclic) bond motifs is 1. The van der Waals surface area contributed by atoms with Crippen molar-refractivity contribution in [2.24, 2.45) is 11.8 Å². The van der Waals surface area contributed by atoms with E-state index in [1.807, 2.05) is 37.3 Å². The van der Waals surface area contributed by atoms with Crippen molar-refractivity contribution in [2.75, 3.05) is 0 Å². The van der Waals surface area contributed by atoms with Gasteiger partial charge in [0.2, 0.25) is 5.89 Å². The van der Waals surface area contributed by atoms with Crippen LogP contribution in [0.2, 0.25) is 0 Å². The third kappa shape index (κ3) is 3.26. The maximum Gasteiger partial charge on any atom is 0.418 e. The van der Waals surface area contributed by atoms with Crippen LogP contribution in [0.1, 0.15) is 49.3 Å². The summed E-state index contributed by atoms with van der Waals surface area (Å²) in [5.74, 6) is 1.28. The second-order valence-corrected chi connectivity index (χ2v) is 7.68. The number of rotatable bonds is 6. The summed E-state index contributed by atoms with van der Waals surface area (Å²) in [6.45, 7) is 1.92. The van der Waals surface area contributed by atoms with Crippen LogP contribution in [0.4, 0.5) is 4.79 Å². The summed E-state index contributed by atoms with van der Waals surface area (Å²) in [5.41, 5.74) is 2.01. The van der Waals surface area contributed by atoms with Crippen LogP contribution in [0.5, 0.6) is 0 Å². The molecule has 3 unspecified atom stereocenters. The van der Waals surface area contributed by atoms with Crippen molar-refractivity contribution in [3.63, 3.8) is 0 Å². The number of carbonyl (C=O) groups is 2. The van der Waals surface area contributed by atoms with E-state index >= 15 is 0 Å². The second-order valence-electron chi connectivity index (χ2n) is 7.68. The summed E-state index contributed by atoms with van der Waals surface area (Å²) in [7, 11) is 0. The van der Waals surface area contributed by atoms with E-state index in [0.717, 1.165) is 16.0 Å². The van der Waals surface area contributed by atoms with Gasteiger partial charge in [0, 0.05) is 0 Å². The van der Waals surface area contributed by atoms with Crippen molar-refractivity contribution < 1.29 is 18.7 Å². The smallest absolute Gasteiger partial charge is 0.418 e. The summed E-state index contributed by atoms with van der Waals surface area (Å²) in [5, 5.41) is 8.03. The number of aromatic nitrogens is 2. The molecular formula is C22H21N3O4. The average Bonchev–Trinajstić information content (AvgIpc) is 3.27. The van der Waals surface area contributed by atoms with Crippen LogP contribution in [0.25, 0.3) is 0 Å². The maximum absolute atomic E-state index is 13.0. The number of ether oxygens (including phenoxy) is 1. The van der Waals surface area contributed by atoms with Gasteiger partial charge in [-0.2, -0.15) is 0 Å². The minimum absolute atomic E-state index is 0.0217. The van der Waals surface area contributed by atoms with Crippen molar-refractivity contribution >= 4 is 12.0 Å². The number of allylic oxidation sites excluding steroid dienone is 4. The van der Waals surface area contributed by atoms with Gasteiger partial charge in [-0.25, -0.2) is 9.69 Å². The fourth-order valence-electron chi connectivity index (χ4n) is 4.07. The van der Waals surface area contributed by atoms with Crippen LogP contribution in [-0.4, -0.2) is 27.1 Å². The molecule has 1 aromatic heterocycles. The molecule has 5 rings (SSSR count). The zero-order valence-electron chi connectivity index (χ0n) is 16.0. The molecule has 2 amide bonds. The summed E-state index contributed by atoms with van der Waals surface area (Å²) >= 11 is 0. The molecule has 1 aromatic carbocycles. The predicted octanol–water partition coefficient (Wildman–Crippen LogP) is 3.92. The van der Waals surface area contributed by atoms with Gasteiger partial charge in [-0.1, -0.05) is 55.5 Å². The van der Waals surface area contributed by atoms with Gasteiger partial charge in [0.25, 0.3) is 17.9 Å². The van der Waals surface area contributed by atoms with E-state index in [-0.39, 0.29) is 5.89 Å². The third-order valence-corrected chi connectivity index (χ3v) is 5.70. The monoisotopic (exact) mass is 391 g/mol. The Morgan fingerprint density at radius 1 is 1.17 bits per heavy atom. The molecule has 0 N–H and O–H groups in total. The Morgan fingerprint density at radius 3 is 2.76 bits per heavy atom. The Labute approximate surface area is 168 Å². The van der Waals surface area contributed by atoms with Crippen LogP contribution < -0.4 is 0 Å². The summed E-state index contributed by atoms with van der Waals surface area (Å²) in [6, 6.07) is 9.04. The number of amides is 2.